The van der Waals surface area contributed by atoms with E-state index in [-0.39, 0.29) is 0 Å². The van der Waals surface area contributed by atoms with Gasteiger partial charge in [0.1, 0.15) is 0 Å². The van der Waals surface area contributed by atoms with E-state index < -0.39 is 0 Å². The molecule has 0 radical (unpaired) electrons. The first-order valence-corrected chi connectivity index (χ1v) is 6.01. The van der Waals surface area contributed by atoms with E-state index in [1.807, 2.05) is 0 Å². The molecular weight excluding hydrogens is 172 g/mol. The first-order chi connectivity index (χ1) is 6.93. The number of epoxide rings is 1. The lowest BCUT2D eigenvalue weighted by atomic mass is 10.1. The molecule has 1 aliphatic rings. The van der Waals surface area contributed by atoms with Crippen molar-refractivity contribution in [2.45, 2.75) is 64.4 Å². The van der Waals surface area contributed by atoms with Crippen LogP contribution in [0, 0.1) is 11.8 Å². The van der Waals surface area contributed by atoms with Gasteiger partial charge in [0, 0.05) is 12.8 Å². The number of ether oxygens (including phenoxy) is 1. The molecule has 14 heavy (non-hydrogen) atoms. The molecule has 0 amide bonds. The van der Waals surface area contributed by atoms with Crippen LogP contribution in [-0.2, 0) is 4.74 Å². The molecule has 0 bridgehead atoms. The Morgan fingerprint density at radius 1 is 1.07 bits per heavy atom. The third-order valence-corrected chi connectivity index (χ3v) is 2.51. The molecule has 1 rings (SSSR count). The zero-order valence-electron chi connectivity index (χ0n) is 9.35. The number of rotatable bonds is 7. The lowest BCUT2D eigenvalue weighted by Gasteiger charge is -1.96. The third-order valence-electron chi connectivity index (χ3n) is 2.51. The Morgan fingerprint density at radius 2 is 1.79 bits per heavy atom. The van der Waals surface area contributed by atoms with Crippen molar-refractivity contribution < 1.29 is 4.74 Å². The molecule has 0 N–H and O–H groups in total. The van der Waals surface area contributed by atoms with Gasteiger partial charge >= 0.3 is 0 Å². The van der Waals surface area contributed by atoms with Gasteiger partial charge in [0.15, 0.2) is 0 Å². The zero-order chi connectivity index (χ0) is 10.1. The summed E-state index contributed by atoms with van der Waals surface area (Å²) in [5, 5.41) is 0. The van der Waals surface area contributed by atoms with Crippen molar-refractivity contribution in [3.05, 3.63) is 0 Å². The highest BCUT2D eigenvalue weighted by molar-refractivity contribution is 5.01. The van der Waals surface area contributed by atoms with Crippen LogP contribution in [0.15, 0.2) is 0 Å². The van der Waals surface area contributed by atoms with Gasteiger partial charge in [0.2, 0.25) is 0 Å². The van der Waals surface area contributed by atoms with Crippen LogP contribution in [0.5, 0.6) is 0 Å². The minimum atomic E-state index is 0.479. The Hall–Kier alpha value is -0.480. The molecule has 0 aromatic carbocycles. The van der Waals surface area contributed by atoms with Gasteiger partial charge in [-0.15, -0.1) is 11.8 Å². The van der Waals surface area contributed by atoms with E-state index in [4.69, 9.17) is 4.74 Å². The van der Waals surface area contributed by atoms with Gasteiger partial charge in [-0.25, -0.2) is 0 Å². The molecule has 1 aliphatic heterocycles. The van der Waals surface area contributed by atoms with Gasteiger partial charge in [-0.05, 0) is 6.42 Å². The maximum absolute atomic E-state index is 5.08. The molecule has 1 fully saturated rings. The summed E-state index contributed by atoms with van der Waals surface area (Å²) in [6.07, 6.45) is 10.7. The van der Waals surface area contributed by atoms with E-state index in [1.165, 1.54) is 38.5 Å². The van der Waals surface area contributed by atoms with Crippen molar-refractivity contribution in [1.29, 1.82) is 0 Å². The van der Waals surface area contributed by atoms with Crippen molar-refractivity contribution in [2.75, 3.05) is 6.61 Å². The van der Waals surface area contributed by atoms with Crippen molar-refractivity contribution in [1.82, 2.24) is 0 Å². The van der Waals surface area contributed by atoms with Crippen LogP contribution >= 0.6 is 0 Å². The Bertz CT molecular complexity index is 183. The average molecular weight is 194 g/mol. The summed E-state index contributed by atoms with van der Waals surface area (Å²) in [5.74, 6) is 6.39. The van der Waals surface area contributed by atoms with Crippen molar-refractivity contribution in [3.63, 3.8) is 0 Å². The highest BCUT2D eigenvalue weighted by atomic mass is 16.6. The quantitative estimate of drug-likeness (QED) is 0.343. The monoisotopic (exact) mass is 194 g/mol. The SMILES string of the molecule is CCCCCCCCC#CCC1CO1. The fourth-order valence-electron chi connectivity index (χ4n) is 1.45. The average Bonchev–Trinajstić information content (AvgIpc) is 2.99. The summed E-state index contributed by atoms with van der Waals surface area (Å²) >= 11 is 0. The predicted molar refractivity (Wildman–Crippen MR) is 60.1 cm³/mol. The standard InChI is InChI=1S/C13H22O/c1-2-3-4-5-6-7-8-9-10-11-13-12-14-13/h13H,2-8,11-12H2,1H3. The molecule has 0 spiro atoms. The van der Waals surface area contributed by atoms with Crippen LogP contribution in [0.1, 0.15) is 58.3 Å². The van der Waals surface area contributed by atoms with E-state index in [0.717, 1.165) is 19.4 Å². The molecule has 1 atom stereocenters. The minimum absolute atomic E-state index is 0.479. The summed E-state index contributed by atoms with van der Waals surface area (Å²) in [6.45, 7) is 3.19. The molecule has 0 aromatic heterocycles. The molecule has 1 nitrogen and oxygen atoms in total. The highest BCUT2D eigenvalue weighted by Crippen LogP contribution is 2.12. The second kappa shape index (κ2) is 7.88. The molecule has 1 heterocycles. The molecule has 1 heteroatoms. The lowest BCUT2D eigenvalue weighted by Crippen LogP contribution is -1.80. The molecule has 1 unspecified atom stereocenters. The number of hydrogen-bond acceptors (Lipinski definition) is 1. The highest BCUT2D eigenvalue weighted by Gasteiger charge is 2.20. The molecule has 0 aromatic rings. The van der Waals surface area contributed by atoms with Gasteiger partial charge in [-0.3, -0.25) is 0 Å². The van der Waals surface area contributed by atoms with Crippen molar-refractivity contribution in [3.8, 4) is 11.8 Å². The van der Waals surface area contributed by atoms with E-state index in [2.05, 4.69) is 18.8 Å². The van der Waals surface area contributed by atoms with Crippen molar-refractivity contribution in [2.24, 2.45) is 0 Å². The van der Waals surface area contributed by atoms with Crippen LogP contribution in [0.25, 0.3) is 0 Å². The molecule has 80 valence electrons. The van der Waals surface area contributed by atoms with Gasteiger partial charge in [0.05, 0.1) is 12.7 Å². The number of unbranched alkanes of at least 4 members (excludes halogenated alkanes) is 6. The summed E-state index contributed by atoms with van der Waals surface area (Å²) < 4.78 is 5.08. The maximum Gasteiger partial charge on any atom is 0.0918 e. The molecule has 1 saturated heterocycles. The van der Waals surface area contributed by atoms with Crippen LogP contribution in [0.4, 0.5) is 0 Å². The lowest BCUT2D eigenvalue weighted by molar-refractivity contribution is 0.412. The predicted octanol–water partition coefficient (Wildman–Crippen LogP) is 3.53. The summed E-state index contributed by atoms with van der Waals surface area (Å²) in [5.41, 5.74) is 0. The Morgan fingerprint density at radius 3 is 2.50 bits per heavy atom. The molecular formula is C13H22O. The van der Waals surface area contributed by atoms with E-state index in [0.29, 0.717) is 6.10 Å². The maximum atomic E-state index is 5.08. The second-order valence-electron chi connectivity index (χ2n) is 4.03. The first-order valence-electron chi connectivity index (χ1n) is 6.01. The normalized spacial score (nSPS) is 18.8. The largest absolute Gasteiger partial charge is 0.372 e. The number of hydrogen-bond donors (Lipinski definition) is 0. The fraction of sp³-hybridized carbons (Fsp3) is 0.846. The van der Waals surface area contributed by atoms with Gasteiger partial charge in [-0.2, -0.15) is 0 Å². The summed E-state index contributed by atoms with van der Waals surface area (Å²) in [6, 6.07) is 0. The molecule has 0 aliphatic carbocycles. The van der Waals surface area contributed by atoms with E-state index in [9.17, 15) is 0 Å². The topological polar surface area (TPSA) is 12.5 Å². The first kappa shape index (κ1) is 11.6. The zero-order valence-corrected chi connectivity index (χ0v) is 9.35. The van der Waals surface area contributed by atoms with Crippen LogP contribution in [-0.4, -0.2) is 12.7 Å². The van der Waals surface area contributed by atoms with Gasteiger partial charge in [-0.1, -0.05) is 39.0 Å². The van der Waals surface area contributed by atoms with Crippen LogP contribution in [0.3, 0.4) is 0 Å². The van der Waals surface area contributed by atoms with Crippen molar-refractivity contribution >= 4 is 0 Å². The van der Waals surface area contributed by atoms with Gasteiger partial charge in [0.25, 0.3) is 0 Å². The van der Waals surface area contributed by atoms with E-state index >= 15 is 0 Å². The second-order valence-corrected chi connectivity index (χ2v) is 4.03. The minimum Gasteiger partial charge on any atom is -0.372 e. The van der Waals surface area contributed by atoms with Gasteiger partial charge < -0.3 is 4.74 Å². The Labute approximate surface area is 88.2 Å². The summed E-state index contributed by atoms with van der Waals surface area (Å²) in [7, 11) is 0. The third kappa shape index (κ3) is 6.97. The molecule has 0 saturated carbocycles. The Balaban J connectivity index is 1.75. The smallest absolute Gasteiger partial charge is 0.0918 e. The fourth-order valence-corrected chi connectivity index (χ4v) is 1.45. The van der Waals surface area contributed by atoms with Crippen LogP contribution < -0.4 is 0 Å². The van der Waals surface area contributed by atoms with E-state index in [1.54, 1.807) is 0 Å². The van der Waals surface area contributed by atoms with Crippen LogP contribution in [0.2, 0.25) is 0 Å². The Kier molecular flexibility index (Phi) is 6.53. The summed E-state index contributed by atoms with van der Waals surface area (Å²) in [4.78, 5) is 0.